The van der Waals surface area contributed by atoms with E-state index in [0.29, 0.717) is 45.7 Å². The number of rotatable bonds is 14. The van der Waals surface area contributed by atoms with Crippen LogP contribution in [0.4, 0.5) is 0 Å². The molecule has 2 amide bonds. The maximum absolute atomic E-state index is 11.7. The Labute approximate surface area is 177 Å². The van der Waals surface area contributed by atoms with Gasteiger partial charge in [-0.1, -0.05) is 0 Å². The van der Waals surface area contributed by atoms with Crippen molar-refractivity contribution in [3.05, 3.63) is 20.8 Å². The number of hydrogen-bond acceptors (Lipinski definition) is 10. The Kier molecular flexibility index (Phi) is 10.7. The lowest BCUT2D eigenvalue weighted by Gasteiger charge is -2.04. The zero-order valence-electron chi connectivity index (χ0n) is 16.2. The number of carbonyl (C=O) groups excluding carboxylic acids is 2. The van der Waals surface area contributed by atoms with Crippen LogP contribution in [0, 0.1) is 0 Å². The molecule has 0 fully saturated rings. The predicted molar refractivity (Wildman–Crippen MR) is 116 cm³/mol. The fraction of sp³-hybridized carbons (Fsp3) is 0.529. The molecule has 2 heterocycles. The highest BCUT2D eigenvalue weighted by molar-refractivity contribution is 7.10. The molecule has 160 valence electrons. The first-order valence-electron chi connectivity index (χ1n) is 9.36. The number of nitrogens with two attached hydrogens (primary N) is 2. The fourth-order valence-electron chi connectivity index (χ4n) is 2.27. The highest BCUT2D eigenvalue weighted by Crippen LogP contribution is 2.24. The molecule has 2 aromatic heterocycles. The molecular formula is C17H28N8O2S2. The Bertz CT molecular complexity index is 764. The van der Waals surface area contributed by atoms with Crippen LogP contribution in [0.3, 0.4) is 0 Å². The Hall–Kier alpha value is -1.96. The molecule has 0 unspecified atom stereocenters. The van der Waals surface area contributed by atoms with Gasteiger partial charge in [-0.2, -0.15) is 0 Å². The monoisotopic (exact) mass is 440 g/mol. The molecule has 0 aliphatic heterocycles. The van der Waals surface area contributed by atoms with Crippen LogP contribution in [0.25, 0.3) is 11.4 Å². The van der Waals surface area contributed by atoms with Crippen molar-refractivity contribution in [2.45, 2.75) is 13.0 Å². The van der Waals surface area contributed by atoms with E-state index in [1.54, 1.807) is 0 Å². The van der Waals surface area contributed by atoms with Crippen LogP contribution in [-0.4, -0.2) is 67.6 Å². The van der Waals surface area contributed by atoms with Gasteiger partial charge in [0, 0.05) is 49.9 Å². The summed E-state index contributed by atoms with van der Waals surface area (Å²) in [5.41, 5.74) is 12.3. The van der Waals surface area contributed by atoms with E-state index in [9.17, 15) is 9.59 Å². The standard InChI is InChI=1S/C17H28N8O2S2/c18-2-5-20-7-14(26)22-4-1-16-24-12(10-28-16)13-11-29-17(25-13)9-23-15(27)8-21-6-3-19/h10-11,20-21H,1-9,18-19H2,(H,22,26)(H,23,27). The molecule has 0 aliphatic carbocycles. The molecule has 0 spiro atoms. The number of nitrogens with zero attached hydrogens (tertiary/aromatic N) is 2. The van der Waals surface area contributed by atoms with Gasteiger partial charge in [-0.05, 0) is 0 Å². The van der Waals surface area contributed by atoms with Gasteiger partial charge in [0.25, 0.3) is 0 Å². The first-order valence-corrected chi connectivity index (χ1v) is 11.1. The van der Waals surface area contributed by atoms with Crippen molar-refractivity contribution in [2.24, 2.45) is 11.5 Å². The van der Waals surface area contributed by atoms with Gasteiger partial charge in [0.15, 0.2) is 0 Å². The maximum atomic E-state index is 11.7. The topological polar surface area (TPSA) is 160 Å². The minimum Gasteiger partial charge on any atom is -0.355 e. The average Bonchev–Trinajstić information content (AvgIpc) is 3.36. The van der Waals surface area contributed by atoms with Gasteiger partial charge in [0.2, 0.25) is 11.8 Å². The lowest BCUT2D eigenvalue weighted by atomic mass is 10.3. The van der Waals surface area contributed by atoms with Gasteiger partial charge in [0.05, 0.1) is 24.6 Å². The second kappa shape index (κ2) is 13.3. The van der Waals surface area contributed by atoms with Crippen LogP contribution in [0.1, 0.15) is 10.0 Å². The molecule has 29 heavy (non-hydrogen) atoms. The van der Waals surface area contributed by atoms with Crippen LogP contribution in [-0.2, 0) is 22.6 Å². The molecule has 0 saturated carbocycles. The molecule has 0 saturated heterocycles. The minimum absolute atomic E-state index is 0.0559. The molecule has 10 nitrogen and oxygen atoms in total. The summed E-state index contributed by atoms with van der Waals surface area (Å²) in [5.74, 6) is -0.147. The number of aromatic nitrogens is 2. The third kappa shape index (κ3) is 8.94. The summed E-state index contributed by atoms with van der Waals surface area (Å²) in [6.45, 7) is 3.65. The first-order chi connectivity index (χ1) is 14.1. The SMILES string of the molecule is NCCNCC(=O)NCCc1nc(-c2csc(CNC(=O)CNCCN)n2)cs1. The molecule has 0 atom stereocenters. The van der Waals surface area contributed by atoms with Gasteiger partial charge in [-0.15, -0.1) is 22.7 Å². The highest BCUT2D eigenvalue weighted by Gasteiger charge is 2.10. The Balaban J connectivity index is 1.73. The summed E-state index contributed by atoms with van der Waals surface area (Å²) in [6.07, 6.45) is 0.663. The van der Waals surface area contributed by atoms with Gasteiger partial charge in [-0.3, -0.25) is 9.59 Å². The lowest BCUT2D eigenvalue weighted by Crippen LogP contribution is -2.36. The zero-order valence-corrected chi connectivity index (χ0v) is 17.8. The molecule has 2 aromatic rings. The summed E-state index contributed by atoms with van der Waals surface area (Å²) >= 11 is 3.02. The Morgan fingerprint density at radius 2 is 1.38 bits per heavy atom. The van der Waals surface area contributed by atoms with E-state index in [1.165, 1.54) is 22.7 Å². The van der Waals surface area contributed by atoms with E-state index < -0.39 is 0 Å². The molecular weight excluding hydrogens is 412 g/mol. The first kappa shape index (κ1) is 23.3. The molecule has 0 bridgehead atoms. The van der Waals surface area contributed by atoms with E-state index >= 15 is 0 Å². The van der Waals surface area contributed by atoms with Crippen molar-refractivity contribution in [1.29, 1.82) is 0 Å². The quantitative estimate of drug-likeness (QED) is 0.196. The summed E-state index contributed by atoms with van der Waals surface area (Å²) < 4.78 is 0. The number of nitrogens with one attached hydrogen (secondary N) is 4. The summed E-state index contributed by atoms with van der Waals surface area (Å²) in [7, 11) is 0. The summed E-state index contributed by atoms with van der Waals surface area (Å²) in [4.78, 5) is 32.5. The van der Waals surface area contributed by atoms with Crippen molar-refractivity contribution in [3.63, 3.8) is 0 Å². The normalized spacial score (nSPS) is 10.8. The summed E-state index contributed by atoms with van der Waals surface area (Å²) in [5, 5.41) is 17.2. The highest BCUT2D eigenvalue weighted by atomic mass is 32.1. The van der Waals surface area contributed by atoms with Gasteiger partial charge in [-0.25, -0.2) is 9.97 Å². The Morgan fingerprint density at radius 3 is 2.00 bits per heavy atom. The van der Waals surface area contributed by atoms with E-state index in [-0.39, 0.29) is 24.9 Å². The Morgan fingerprint density at radius 1 is 0.828 bits per heavy atom. The zero-order chi connectivity index (χ0) is 20.9. The minimum atomic E-state index is -0.0913. The number of carbonyl (C=O) groups is 2. The van der Waals surface area contributed by atoms with E-state index in [2.05, 4.69) is 31.2 Å². The van der Waals surface area contributed by atoms with Gasteiger partial charge < -0.3 is 32.7 Å². The van der Waals surface area contributed by atoms with Crippen molar-refractivity contribution in [1.82, 2.24) is 31.2 Å². The van der Waals surface area contributed by atoms with E-state index in [4.69, 9.17) is 11.5 Å². The number of thiazole rings is 2. The van der Waals surface area contributed by atoms with Crippen LogP contribution in [0.5, 0.6) is 0 Å². The largest absolute Gasteiger partial charge is 0.355 e. The summed E-state index contributed by atoms with van der Waals surface area (Å²) in [6, 6.07) is 0. The fourth-order valence-corrected chi connectivity index (χ4v) is 3.79. The number of amides is 2. The molecule has 0 radical (unpaired) electrons. The molecule has 2 rings (SSSR count). The average molecular weight is 441 g/mol. The van der Waals surface area contributed by atoms with Gasteiger partial charge >= 0.3 is 0 Å². The second-order valence-corrected chi connectivity index (χ2v) is 7.95. The van der Waals surface area contributed by atoms with Gasteiger partial charge in [0.1, 0.15) is 16.4 Å². The van der Waals surface area contributed by atoms with E-state index in [0.717, 1.165) is 21.4 Å². The maximum Gasteiger partial charge on any atom is 0.234 e. The second-order valence-electron chi connectivity index (χ2n) is 6.06. The lowest BCUT2D eigenvalue weighted by molar-refractivity contribution is -0.121. The van der Waals surface area contributed by atoms with E-state index in [1.807, 2.05) is 10.8 Å². The molecule has 0 aromatic carbocycles. The predicted octanol–water partition coefficient (Wildman–Crippen LogP) is -1.36. The van der Waals surface area contributed by atoms with Crippen molar-refractivity contribution in [2.75, 3.05) is 45.8 Å². The molecule has 8 N–H and O–H groups in total. The number of hydrogen-bond donors (Lipinski definition) is 6. The smallest absolute Gasteiger partial charge is 0.234 e. The third-order valence-corrected chi connectivity index (χ3v) is 5.43. The van der Waals surface area contributed by atoms with Crippen LogP contribution >= 0.6 is 22.7 Å². The van der Waals surface area contributed by atoms with Crippen molar-refractivity contribution < 1.29 is 9.59 Å². The molecule has 12 heteroatoms. The van der Waals surface area contributed by atoms with Crippen molar-refractivity contribution >= 4 is 34.5 Å². The molecule has 0 aliphatic rings. The van der Waals surface area contributed by atoms with Crippen LogP contribution in [0.15, 0.2) is 10.8 Å². The van der Waals surface area contributed by atoms with Crippen molar-refractivity contribution in [3.8, 4) is 11.4 Å². The van der Waals surface area contributed by atoms with Crippen LogP contribution < -0.4 is 32.7 Å². The van der Waals surface area contributed by atoms with Crippen LogP contribution in [0.2, 0.25) is 0 Å². The third-order valence-electron chi connectivity index (χ3n) is 3.68.